The fourth-order valence-corrected chi connectivity index (χ4v) is 3.37. The number of aromatic amines is 1. The number of benzene rings is 1. The summed E-state index contributed by atoms with van der Waals surface area (Å²) in [4.78, 5) is 25.1. The zero-order valence-electron chi connectivity index (χ0n) is 12.6. The lowest BCUT2D eigenvalue weighted by Gasteiger charge is -2.18. The molecule has 1 aromatic heterocycles. The van der Waals surface area contributed by atoms with Crippen LogP contribution in [0.15, 0.2) is 24.3 Å². The first-order valence-electron chi connectivity index (χ1n) is 6.88. The van der Waals surface area contributed by atoms with E-state index in [1.54, 1.807) is 19.9 Å². The molecule has 0 aliphatic rings. The number of carbonyl (C=O) groups is 1. The first-order valence-corrected chi connectivity index (χ1v) is 8.32. The Morgan fingerprint density at radius 1 is 1.35 bits per heavy atom. The highest BCUT2D eigenvalue weighted by Crippen LogP contribution is 2.25. The Morgan fingerprint density at radius 3 is 2.57 bits per heavy atom. The van der Waals surface area contributed by atoms with Crippen LogP contribution in [-0.2, 0) is 10.2 Å². The molecule has 124 valence electrons. The van der Waals surface area contributed by atoms with Gasteiger partial charge in [0.1, 0.15) is 11.2 Å². The van der Waals surface area contributed by atoms with Crippen molar-refractivity contribution in [2.75, 3.05) is 13.1 Å². The molecule has 1 heterocycles. The number of aromatic nitrogens is 1. The van der Waals surface area contributed by atoms with E-state index < -0.39 is 21.0 Å². The summed E-state index contributed by atoms with van der Waals surface area (Å²) in [6.07, 6.45) is 0. The maximum Gasteiger partial charge on any atom is 0.304 e. The van der Waals surface area contributed by atoms with E-state index in [0.29, 0.717) is 5.39 Å². The van der Waals surface area contributed by atoms with Crippen LogP contribution in [0.25, 0.3) is 10.9 Å². The molecule has 9 nitrogen and oxygen atoms in total. The first-order chi connectivity index (χ1) is 10.8. The predicted octanol–water partition coefficient (Wildman–Crippen LogP) is 1.39. The lowest BCUT2D eigenvalue weighted by molar-refractivity contribution is -0.383. The Bertz CT molecular complexity index is 854. The Labute approximate surface area is 132 Å². The summed E-state index contributed by atoms with van der Waals surface area (Å²) < 4.78 is 27.1. The summed E-state index contributed by atoms with van der Waals surface area (Å²) >= 11 is 0. The van der Waals surface area contributed by atoms with Crippen molar-refractivity contribution in [1.82, 2.24) is 14.0 Å². The maximum atomic E-state index is 12.1. The van der Waals surface area contributed by atoms with Crippen LogP contribution in [0.1, 0.15) is 24.3 Å². The van der Waals surface area contributed by atoms with Crippen molar-refractivity contribution in [1.29, 1.82) is 0 Å². The number of nitrogens with one attached hydrogen (secondary N) is 2. The first kappa shape index (κ1) is 16.9. The van der Waals surface area contributed by atoms with Gasteiger partial charge in [0.25, 0.3) is 11.6 Å². The molecule has 2 rings (SSSR count). The maximum absolute atomic E-state index is 12.1. The Hall–Kier alpha value is -2.46. The number of nitro groups is 1. The van der Waals surface area contributed by atoms with E-state index in [-0.39, 0.29) is 30.0 Å². The lowest BCUT2D eigenvalue weighted by atomic mass is 10.2. The highest BCUT2D eigenvalue weighted by molar-refractivity contribution is 7.87. The van der Waals surface area contributed by atoms with Crippen LogP contribution in [0.4, 0.5) is 5.69 Å². The third kappa shape index (κ3) is 3.32. The van der Waals surface area contributed by atoms with Gasteiger partial charge in [-0.1, -0.05) is 26.0 Å². The molecule has 0 aliphatic heterocycles. The normalized spacial score (nSPS) is 11.8. The van der Waals surface area contributed by atoms with Crippen LogP contribution in [0.2, 0.25) is 0 Å². The van der Waals surface area contributed by atoms with Gasteiger partial charge in [-0.25, -0.2) is 4.72 Å². The van der Waals surface area contributed by atoms with Gasteiger partial charge >= 0.3 is 10.2 Å². The molecule has 2 aromatic rings. The number of nitrogens with zero attached hydrogens (tertiary/aromatic N) is 2. The Morgan fingerprint density at radius 2 is 2.00 bits per heavy atom. The molecule has 0 spiro atoms. The summed E-state index contributed by atoms with van der Waals surface area (Å²) in [7, 11) is -3.95. The van der Waals surface area contributed by atoms with Crippen LogP contribution < -0.4 is 4.72 Å². The molecule has 0 saturated heterocycles. The Balaban J connectivity index is 2.36. The zero-order chi connectivity index (χ0) is 17.2. The van der Waals surface area contributed by atoms with Crippen molar-refractivity contribution in [3.05, 3.63) is 40.1 Å². The monoisotopic (exact) mass is 340 g/mol. The van der Waals surface area contributed by atoms with Gasteiger partial charge in [-0.15, -0.1) is 0 Å². The summed E-state index contributed by atoms with van der Waals surface area (Å²) in [6, 6.07) is 5.75. The van der Waals surface area contributed by atoms with Crippen LogP contribution >= 0.6 is 0 Å². The summed E-state index contributed by atoms with van der Waals surface area (Å²) in [5, 5.41) is 11.4. The molecule has 0 unspecified atom stereocenters. The minimum atomic E-state index is -3.95. The minimum Gasteiger partial charge on any atom is -0.345 e. The molecule has 0 fully saturated rings. The van der Waals surface area contributed by atoms with Gasteiger partial charge in [0.05, 0.1) is 4.92 Å². The average molecular weight is 340 g/mol. The Kier molecular flexibility index (Phi) is 4.66. The molecule has 23 heavy (non-hydrogen) atoms. The van der Waals surface area contributed by atoms with Crippen LogP contribution in [0, 0.1) is 10.1 Å². The number of non-ortho nitro benzene ring substituents is 1. The fraction of sp³-hybridized carbons (Fsp3) is 0.308. The highest BCUT2D eigenvalue weighted by atomic mass is 32.2. The van der Waals surface area contributed by atoms with Crippen LogP contribution in [-0.4, -0.2) is 41.6 Å². The zero-order valence-corrected chi connectivity index (χ0v) is 13.4. The van der Waals surface area contributed by atoms with Crippen molar-refractivity contribution < 1.29 is 18.1 Å². The molecule has 2 N–H and O–H groups in total. The smallest absolute Gasteiger partial charge is 0.304 e. The number of amides is 1. The number of carbonyl (C=O) groups excluding carboxylic acids is 1. The molecule has 0 aliphatic carbocycles. The van der Waals surface area contributed by atoms with Crippen molar-refractivity contribution in [3.63, 3.8) is 0 Å². The summed E-state index contributed by atoms with van der Waals surface area (Å²) in [5.41, 5.74) is -0.0823. The van der Waals surface area contributed by atoms with Crippen molar-refractivity contribution >= 4 is 32.7 Å². The van der Waals surface area contributed by atoms with Gasteiger partial charge < -0.3 is 4.98 Å². The van der Waals surface area contributed by atoms with Gasteiger partial charge in [0.2, 0.25) is 0 Å². The number of hydrogen-bond donors (Lipinski definition) is 2. The number of para-hydroxylation sites is 1. The second-order valence-corrected chi connectivity index (χ2v) is 6.37. The molecule has 0 radical (unpaired) electrons. The fourth-order valence-electron chi connectivity index (χ4n) is 2.21. The number of H-pyrrole nitrogens is 1. The number of hydrogen-bond acceptors (Lipinski definition) is 5. The third-order valence-electron chi connectivity index (χ3n) is 3.34. The lowest BCUT2D eigenvalue weighted by Crippen LogP contribution is -2.43. The molecule has 1 amide bonds. The van der Waals surface area contributed by atoms with Crippen molar-refractivity contribution in [2.45, 2.75) is 13.8 Å². The summed E-state index contributed by atoms with van der Waals surface area (Å²) in [5.74, 6) is -0.873. The van der Waals surface area contributed by atoms with E-state index in [1.807, 2.05) is 4.72 Å². The van der Waals surface area contributed by atoms with E-state index >= 15 is 0 Å². The molecule has 10 heteroatoms. The molecular formula is C13H16N4O5S. The highest BCUT2D eigenvalue weighted by Gasteiger charge is 2.24. The second kappa shape index (κ2) is 6.34. The van der Waals surface area contributed by atoms with E-state index in [1.165, 1.54) is 18.2 Å². The van der Waals surface area contributed by atoms with E-state index in [9.17, 15) is 23.3 Å². The summed E-state index contributed by atoms with van der Waals surface area (Å²) in [6.45, 7) is 3.74. The molecule has 0 atom stereocenters. The molecule has 1 aromatic carbocycles. The van der Waals surface area contributed by atoms with E-state index in [4.69, 9.17) is 0 Å². The number of rotatable bonds is 6. The standard InChI is InChI=1S/C13H16N4O5S/c1-3-16(4-2)23(21,22)15-13(18)10-8-9-6-5-7-11(17(19)20)12(9)14-10/h5-8,14H,3-4H2,1-2H3,(H,15,18). The van der Waals surface area contributed by atoms with Gasteiger partial charge in [-0.05, 0) is 6.07 Å². The topological polar surface area (TPSA) is 125 Å². The molecule has 0 saturated carbocycles. The van der Waals surface area contributed by atoms with Crippen molar-refractivity contribution in [3.8, 4) is 0 Å². The molecule has 0 bridgehead atoms. The largest absolute Gasteiger partial charge is 0.345 e. The third-order valence-corrected chi connectivity index (χ3v) is 4.98. The number of fused-ring (bicyclic) bond motifs is 1. The van der Waals surface area contributed by atoms with Gasteiger partial charge in [0.15, 0.2) is 0 Å². The number of nitro benzene ring substituents is 1. The predicted molar refractivity (Wildman–Crippen MR) is 84.3 cm³/mol. The SMILES string of the molecule is CCN(CC)S(=O)(=O)NC(=O)c1cc2cccc([N+](=O)[O-])c2[nH]1. The van der Waals surface area contributed by atoms with Crippen LogP contribution in [0.5, 0.6) is 0 Å². The van der Waals surface area contributed by atoms with Gasteiger partial charge in [-0.3, -0.25) is 14.9 Å². The van der Waals surface area contributed by atoms with Crippen LogP contribution in [0.3, 0.4) is 0 Å². The van der Waals surface area contributed by atoms with Gasteiger partial charge in [0, 0.05) is 24.5 Å². The quantitative estimate of drug-likeness (QED) is 0.607. The molecular weight excluding hydrogens is 324 g/mol. The average Bonchev–Trinajstić information content (AvgIpc) is 2.91. The van der Waals surface area contributed by atoms with Gasteiger partial charge in [-0.2, -0.15) is 12.7 Å². The van der Waals surface area contributed by atoms with E-state index in [2.05, 4.69) is 4.98 Å². The second-order valence-electron chi connectivity index (χ2n) is 4.70. The van der Waals surface area contributed by atoms with Crippen molar-refractivity contribution in [2.24, 2.45) is 0 Å². The van der Waals surface area contributed by atoms with E-state index in [0.717, 1.165) is 4.31 Å². The minimum absolute atomic E-state index is 0.0648.